The van der Waals surface area contributed by atoms with E-state index in [1.807, 2.05) is 6.92 Å². The first kappa shape index (κ1) is 13.5. The molecule has 1 aliphatic rings. The van der Waals surface area contributed by atoms with Crippen LogP contribution in [-0.4, -0.2) is 37.9 Å². The molecule has 0 bridgehead atoms. The van der Waals surface area contributed by atoms with Crippen molar-refractivity contribution in [3.05, 3.63) is 0 Å². The van der Waals surface area contributed by atoms with Gasteiger partial charge in [0.2, 0.25) is 0 Å². The summed E-state index contributed by atoms with van der Waals surface area (Å²) >= 11 is 0. The number of nitrogens with one attached hydrogen (secondary N) is 1. The van der Waals surface area contributed by atoms with E-state index in [9.17, 15) is 4.79 Å². The van der Waals surface area contributed by atoms with Gasteiger partial charge in [-0.3, -0.25) is 0 Å². The van der Waals surface area contributed by atoms with Gasteiger partial charge in [0, 0.05) is 6.54 Å². The molecular formula is C12H23NO3. The second kappa shape index (κ2) is 6.86. The Kier molecular flexibility index (Phi) is 5.77. The van der Waals surface area contributed by atoms with Gasteiger partial charge in [-0.25, -0.2) is 4.79 Å². The normalized spacial score (nSPS) is 25.4. The van der Waals surface area contributed by atoms with Crippen LogP contribution in [0.15, 0.2) is 0 Å². The minimum Gasteiger partial charge on any atom is -0.464 e. The predicted octanol–water partition coefficient (Wildman–Crippen LogP) is 1.49. The fourth-order valence-corrected chi connectivity index (χ4v) is 1.76. The summed E-state index contributed by atoms with van der Waals surface area (Å²) < 4.78 is 10.7. The molecule has 0 aromatic heterocycles. The van der Waals surface area contributed by atoms with Gasteiger partial charge in [0.05, 0.1) is 12.2 Å². The van der Waals surface area contributed by atoms with Gasteiger partial charge in [0.1, 0.15) is 6.61 Å². The van der Waals surface area contributed by atoms with Crippen LogP contribution in [0.3, 0.4) is 0 Å². The molecule has 1 fully saturated rings. The van der Waals surface area contributed by atoms with Crippen molar-refractivity contribution in [3.8, 4) is 0 Å². The molecule has 0 radical (unpaired) electrons. The molecule has 1 atom stereocenters. The van der Waals surface area contributed by atoms with Crippen LogP contribution < -0.4 is 5.32 Å². The Bertz CT molecular complexity index is 212. The van der Waals surface area contributed by atoms with Gasteiger partial charge in [-0.05, 0) is 32.7 Å². The van der Waals surface area contributed by atoms with Gasteiger partial charge in [-0.2, -0.15) is 0 Å². The van der Waals surface area contributed by atoms with E-state index in [4.69, 9.17) is 9.47 Å². The third kappa shape index (κ3) is 4.94. The average molecular weight is 229 g/mol. The molecule has 1 heterocycles. The van der Waals surface area contributed by atoms with E-state index in [1.165, 1.54) is 0 Å². The Labute approximate surface area is 97.7 Å². The third-order valence-electron chi connectivity index (χ3n) is 2.86. The van der Waals surface area contributed by atoms with Gasteiger partial charge < -0.3 is 14.8 Å². The molecule has 94 valence electrons. The van der Waals surface area contributed by atoms with E-state index in [0.29, 0.717) is 6.61 Å². The van der Waals surface area contributed by atoms with Crippen LogP contribution >= 0.6 is 0 Å². The third-order valence-corrected chi connectivity index (χ3v) is 2.86. The molecule has 4 heteroatoms. The van der Waals surface area contributed by atoms with Crippen LogP contribution in [0.25, 0.3) is 0 Å². The summed E-state index contributed by atoms with van der Waals surface area (Å²) in [4.78, 5) is 11.3. The fourth-order valence-electron chi connectivity index (χ4n) is 1.76. The summed E-state index contributed by atoms with van der Waals surface area (Å²) in [5.74, 6) is -0.250. The summed E-state index contributed by atoms with van der Waals surface area (Å²) in [6, 6.07) is 0. The molecule has 0 aromatic rings. The highest BCUT2D eigenvalue weighted by atomic mass is 16.6. The lowest BCUT2D eigenvalue weighted by Gasteiger charge is -2.33. The predicted molar refractivity (Wildman–Crippen MR) is 62.3 cm³/mol. The lowest BCUT2D eigenvalue weighted by molar-refractivity contribution is -0.156. The number of rotatable bonds is 6. The van der Waals surface area contributed by atoms with Crippen molar-refractivity contribution in [2.75, 3.05) is 26.3 Å². The minimum atomic E-state index is -0.250. The molecule has 1 saturated heterocycles. The molecule has 0 saturated carbocycles. The first-order valence-corrected chi connectivity index (χ1v) is 6.16. The van der Waals surface area contributed by atoms with Crippen molar-refractivity contribution in [2.24, 2.45) is 0 Å². The molecule has 16 heavy (non-hydrogen) atoms. The monoisotopic (exact) mass is 229 g/mol. The lowest BCUT2D eigenvalue weighted by Crippen LogP contribution is -2.46. The molecule has 0 spiro atoms. The van der Waals surface area contributed by atoms with Crippen LogP contribution in [0, 0.1) is 0 Å². The van der Waals surface area contributed by atoms with Crippen molar-refractivity contribution in [1.82, 2.24) is 5.32 Å². The van der Waals surface area contributed by atoms with Crippen LogP contribution in [0.5, 0.6) is 0 Å². The quantitative estimate of drug-likeness (QED) is 0.554. The molecule has 0 amide bonds. The topological polar surface area (TPSA) is 47.6 Å². The zero-order valence-corrected chi connectivity index (χ0v) is 10.4. The highest BCUT2D eigenvalue weighted by Crippen LogP contribution is 2.19. The number of piperidine rings is 1. The van der Waals surface area contributed by atoms with Gasteiger partial charge >= 0.3 is 5.97 Å². The molecule has 1 unspecified atom stereocenters. The molecule has 1 rings (SSSR count). The van der Waals surface area contributed by atoms with E-state index >= 15 is 0 Å². The van der Waals surface area contributed by atoms with E-state index in [1.54, 1.807) is 0 Å². The Morgan fingerprint density at radius 2 is 2.31 bits per heavy atom. The van der Waals surface area contributed by atoms with Crippen LogP contribution in [-0.2, 0) is 14.3 Å². The number of ether oxygens (including phenoxy) is 2. The van der Waals surface area contributed by atoms with E-state index in [-0.39, 0.29) is 18.2 Å². The van der Waals surface area contributed by atoms with Crippen molar-refractivity contribution >= 4 is 5.97 Å². The van der Waals surface area contributed by atoms with Crippen LogP contribution in [0.2, 0.25) is 0 Å². The molecule has 4 nitrogen and oxygen atoms in total. The van der Waals surface area contributed by atoms with Crippen molar-refractivity contribution in [2.45, 2.75) is 45.1 Å². The van der Waals surface area contributed by atoms with Gasteiger partial charge in [-0.15, -0.1) is 0 Å². The van der Waals surface area contributed by atoms with Crippen LogP contribution in [0.1, 0.15) is 39.5 Å². The highest BCUT2D eigenvalue weighted by Gasteiger charge is 2.28. The molecule has 0 aliphatic carbocycles. The zero-order chi connectivity index (χ0) is 11.9. The minimum absolute atomic E-state index is 0.0713. The smallest absolute Gasteiger partial charge is 0.332 e. The fraction of sp³-hybridized carbons (Fsp3) is 0.917. The number of hydrogen-bond acceptors (Lipinski definition) is 4. The number of carbonyl (C=O) groups excluding carboxylic acids is 1. The first-order chi connectivity index (χ1) is 7.66. The Morgan fingerprint density at radius 1 is 1.50 bits per heavy atom. The Hall–Kier alpha value is -0.610. The second-order valence-corrected chi connectivity index (χ2v) is 4.59. The lowest BCUT2D eigenvalue weighted by atomic mass is 9.96. The highest BCUT2D eigenvalue weighted by molar-refractivity contribution is 5.70. The Balaban J connectivity index is 2.14. The number of hydrogen-bond donors (Lipinski definition) is 1. The molecule has 1 N–H and O–H groups in total. The van der Waals surface area contributed by atoms with Crippen molar-refractivity contribution < 1.29 is 14.3 Å². The molecular weight excluding hydrogens is 206 g/mol. The number of esters is 1. The standard InChI is InChI=1S/C12H23NO3/c1-3-4-8-15-11(14)9-16-12(2)6-5-7-13-10-12/h13H,3-10H2,1-2H3. The molecule has 0 aromatic carbocycles. The van der Waals surface area contributed by atoms with E-state index in [2.05, 4.69) is 12.2 Å². The van der Waals surface area contributed by atoms with Gasteiger partial charge in [0.15, 0.2) is 0 Å². The average Bonchev–Trinajstić information content (AvgIpc) is 2.28. The van der Waals surface area contributed by atoms with Crippen LogP contribution in [0.4, 0.5) is 0 Å². The summed E-state index contributed by atoms with van der Waals surface area (Å²) in [7, 11) is 0. The maximum absolute atomic E-state index is 11.3. The molecule has 1 aliphatic heterocycles. The van der Waals surface area contributed by atoms with Gasteiger partial charge in [0.25, 0.3) is 0 Å². The van der Waals surface area contributed by atoms with Crippen molar-refractivity contribution in [1.29, 1.82) is 0 Å². The van der Waals surface area contributed by atoms with Crippen molar-refractivity contribution in [3.63, 3.8) is 0 Å². The summed E-state index contributed by atoms with van der Waals surface area (Å²) in [5.41, 5.74) is -0.206. The second-order valence-electron chi connectivity index (χ2n) is 4.59. The summed E-state index contributed by atoms with van der Waals surface area (Å²) in [5, 5.41) is 3.27. The summed E-state index contributed by atoms with van der Waals surface area (Å²) in [6.07, 6.45) is 4.06. The largest absolute Gasteiger partial charge is 0.464 e. The van der Waals surface area contributed by atoms with E-state index < -0.39 is 0 Å². The SMILES string of the molecule is CCCCOC(=O)COC1(C)CCCNC1. The van der Waals surface area contributed by atoms with E-state index in [0.717, 1.165) is 38.8 Å². The first-order valence-electron chi connectivity index (χ1n) is 6.16. The maximum atomic E-state index is 11.3. The maximum Gasteiger partial charge on any atom is 0.332 e. The summed E-state index contributed by atoms with van der Waals surface area (Å²) in [6.45, 7) is 6.54. The number of carbonyl (C=O) groups is 1. The zero-order valence-electron chi connectivity index (χ0n) is 10.4. The van der Waals surface area contributed by atoms with Gasteiger partial charge in [-0.1, -0.05) is 13.3 Å². The number of unbranched alkanes of at least 4 members (excludes halogenated alkanes) is 1. The Morgan fingerprint density at radius 3 is 2.94 bits per heavy atom.